The second-order valence-electron chi connectivity index (χ2n) is 6.85. The lowest BCUT2D eigenvalue weighted by molar-refractivity contribution is -0.116. The number of anilines is 1. The maximum absolute atomic E-state index is 12.2. The molecule has 29 heavy (non-hydrogen) atoms. The molecule has 1 unspecified atom stereocenters. The summed E-state index contributed by atoms with van der Waals surface area (Å²) in [6, 6.07) is 20.7. The van der Waals surface area contributed by atoms with Crippen LogP contribution in [0.1, 0.15) is 33.3 Å². The van der Waals surface area contributed by atoms with Gasteiger partial charge in [-0.1, -0.05) is 48.5 Å². The molecule has 6 heteroatoms. The number of aliphatic hydroxyl groups excluding tert-OH is 1. The molecule has 0 spiro atoms. The standard InChI is InChI=1S/C23H24N2O3S/c1-25(23(28)21-8-5-15-29-21)16-22(27)24-19-12-9-17(10-13-19)11-14-20(26)18-6-3-2-4-7-18/h2-10,12-13,15,20,26H,11,14,16H2,1H3,(H,24,27). The van der Waals surface area contributed by atoms with Crippen molar-refractivity contribution in [2.24, 2.45) is 0 Å². The Labute approximate surface area is 174 Å². The number of rotatable bonds is 8. The number of nitrogens with zero attached hydrogens (tertiary/aromatic N) is 1. The predicted octanol–water partition coefficient (Wildman–Crippen LogP) is 4.13. The number of hydrogen-bond donors (Lipinski definition) is 2. The number of carbonyl (C=O) groups is 2. The summed E-state index contributed by atoms with van der Waals surface area (Å²) >= 11 is 1.36. The minimum Gasteiger partial charge on any atom is -0.388 e. The first-order valence-electron chi connectivity index (χ1n) is 9.43. The fourth-order valence-corrected chi connectivity index (χ4v) is 3.69. The van der Waals surface area contributed by atoms with Gasteiger partial charge in [-0.3, -0.25) is 9.59 Å². The Kier molecular flexibility index (Phi) is 7.16. The summed E-state index contributed by atoms with van der Waals surface area (Å²) in [5, 5.41) is 14.9. The van der Waals surface area contributed by atoms with Gasteiger partial charge in [-0.15, -0.1) is 11.3 Å². The fraction of sp³-hybridized carbons (Fsp3) is 0.217. The van der Waals surface area contributed by atoms with E-state index >= 15 is 0 Å². The second kappa shape index (κ2) is 10.0. The van der Waals surface area contributed by atoms with E-state index in [1.807, 2.05) is 66.0 Å². The van der Waals surface area contributed by atoms with Crippen molar-refractivity contribution in [3.05, 3.63) is 88.1 Å². The van der Waals surface area contributed by atoms with Gasteiger partial charge in [-0.2, -0.15) is 0 Å². The van der Waals surface area contributed by atoms with E-state index in [1.54, 1.807) is 13.1 Å². The molecule has 0 aliphatic rings. The molecule has 1 heterocycles. The molecule has 0 fully saturated rings. The molecule has 3 aromatic rings. The van der Waals surface area contributed by atoms with Crippen molar-refractivity contribution in [3.63, 3.8) is 0 Å². The summed E-state index contributed by atoms with van der Waals surface area (Å²) in [4.78, 5) is 26.4. The zero-order chi connectivity index (χ0) is 20.6. The Hall–Kier alpha value is -2.96. The molecule has 0 aliphatic carbocycles. The number of nitrogens with one attached hydrogen (secondary N) is 1. The van der Waals surface area contributed by atoms with E-state index < -0.39 is 6.10 Å². The van der Waals surface area contributed by atoms with Gasteiger partial charge in [0.05, 0.1) is 17.5 Å². The predicted molar refractivity (Wildman–Crippen MR) is 116 cm³/mol. The number of carbonyl (C=O) groups excluding carboxylic acids is 2. The zero-order valence-corrected chi connectivity index (χ0v) is 17.1. The minimum atomic E-state index is -0.494. The first-order chi connectivity index (χ1) is 14.0. The Morgan fingerprint density at radius 1 is 1.03 bits per heavy atom. The summed E-state index contributed by atoms with van der Waals surface area (Å²) < 4.78 is 0. The van der Waals surface area contributed by atoms with E-state index in [-0.39, 0.29) is 18.4 Å². The van der Waals surface area contributed by atoms with Gasteiger partial charge in [0.15, 0.2) is 0 Å². The van der Waals surface area contributed by atoms with Gasteiger partial charge in [0.2, 0.25) is 5.91 Å². The van der Waals surface area contributed by atoms with Crippen LogP contribution in [0.15, 0.2) is 72.1 Å². The molecular weight excluding hydrogens is 384 g/mol. The molecular formula is C23H24N2O3S. The van der Waals surface area contributed by atoms with Crippen LogP contribution in [-0.2, 0) is 11.2 Å². The normalized spacial score (nSPS) is 11.7. The topological polar surface area (TPSA) is 69.6 Å². The lowest BCUT2D eigenvalue weighted by atomic mass is 10.0. The fourth-order valence-electron chi connectivity index (χ4n) is 2.98. The molecule has 0 saturated heterocycles. The zero-order valence-electron chi connectivity index (χ0n) is 16.2. The first-order valence-corrected chi connectivity index (χ1v) is 10.3. The molecule has 1 aromatic heterocycles. The van der Waals surface area contributed by atoms with E-state index in [9.17, 15) is 14.7 Å². The van der Waals surface area contributed by atoms with E-state index in [0.717, 1.165) is 17.5 Å². The van der Waals surface area contributed by atoms with Crippen LogP contribution in [-0.4, -0.2) is 35.4 Å². The van der Waals surface area contributed by atoms with Gasteiger partial charge < -0.3 is 15.3 Å². The molecule has 5 nitrogen and oxygen atoms in total. The van der Waals surface area contributed by atoms with Crippen molar-refractivity contribution < 1.29 is 14.7 Å². The van der Waals surface area contributed by atoms with Crippen LogP contribution in [0.25, 0.3) is 0 Å². The Morgan fingerprint density at radius 3 is 2.41 bits per heavy atom. The molecule has 3 rings (SSSR count). The van der Waals surface area contributed by atoms with Gasteiger partial charge in [-0.05, 0) is 47.5 Å². The van der Waals surface area contributed by atoms with E-state index in [2.05, 4.69) is 5.32 Å². The number of aryl methyl sites for hydroxylation is 1. The maximum atomic E-state index is 12.2. The van der Waals surface area contributed by atoms with Crippen LogP contribution in [0.5, 0.6) is 0 Å². The summed E-state index contributed by atoms with van der Waals surface area (Å²) in [5.74, 6) is -0.410. The molecule has 0 radical (unpaired) electrons. The smallest absolute Gasteiger partial charge is 0.264 e. The Morgan fingerprint density at radius 2 is 1.76 bits per heavy atom. The molecule has 1 atom stereocenters. The van der Waals surface area contributed by atoms with Crippen LogP contribution in [0.3, 0.4) is 0 Å². The molecule has 0 bridgehead atoms. The van der Waals surface area contributed by atoms with Gasteiger partial charge in [0.25, 0.3) is 5.91 Å². The third-order valence-electron chi connectivity index (χ3n) is 4.59. The van der Waals surface area contributed by atoms with Gasteiger partial charge in [0.1, 0.15) is 0 Å². The minimum absolute atomic E-state index is 0.0121. The van der Waals surface area contributed by atoms with E-state index in [4.69, 9.17) is 0 Å². The highest BCUT2D eigenvalue weighted by atomic mass is 32.1. The third-order valence-corrected chi connectivity index (χ3v) is 5.45. The largest absolute Gasteiger partial charge is 0.388 e. The van der Waals surface area contributed by atoms with Crippen molar-refractivity contribution in [1.29, 1.82) is 0 Å². The van der Waals surface area contributed by atoms with Gasteiger partial charge in [-0.25, -0.2) is 0 Å². The Bertz CT molecular complexity index is 925. The second-order valence-corrected chi connectivity index (χ2v) is 7.80. The van der Waals surface area contributed by atoms with Crippen LogP contribution in [0.4, 0.5) is 5.69 Å². The van der Waals surface area contributed by atoms with Gasteiger partial charge in [0, 0.05) is 12.7 Å². The number of thiophene rings is 1. The number of likely N-dealkylation sites (N-methyl/N-ethyl adjacent to an activating group) is 1. The molecule has 2 N–H and O–H groups in total. The summed E-state index contributed by atoms with van der Waals surface area (Å²) in [7, 11) is 1.61. The maximum Gasteiger partial charge on any atom is 0.264 e. The number of amides is 2. The quantitative estimate of drug-likeness (QED) is 0.589. The number of hydrogen-bond acceptors (Lipinski definition) is 4. The first kappa shape index (κ1) is 20.8. The lowest BCUT2D eigenvalue weighted by Gasteiger charge is -2.16. The molecule has 0 saturated carbocycles. The van der Waals surface area contributed by atoms with Gasteiger partial charge >= 0.3 is 0 Å². The van der Waals surface area contributed by atoms with Crippen LogP contribution < -0.4 is 5.32 Å². The lowest BCUT2D eigenvalue weighted by Crippen LogP contribution is -2.34. The highest BCUT2D eigenvalue weighted by Gasteiger charge is 2.15. The van der Waals surface area contributed by atoms with Crippen molar-refractivity contribution in [2.45, 2.75) is 18.9 Å². The third kappa shape index (κ3) is 6.01. The van der Waals surface area contributed by atoms with Crippen LogP contribution in [0, 0.1) is 0 Å². The molecule has 0 aliphatic heterocycles. The van der Waals surface area contributed by atoms with Crippen molar-refractivity contribution in [2.75, 3.05) is 18.9 Å². The average molecular weight is 409 g/mol. The van der Waals surface area contributed by atoms with Crippen LogP contribution >= 0.6 is 11.3 Å². The van der Waals surface area contributed by atoms with Crippen LogP contribution in [0.2, 0.25) is 0 Å². The highest BCUT2D eigenvalue weighted by Crippen LogP contribution is 2.19. The highest BCUT2D eigenvalue weighted by molar-refractivity contribution is 7.12. The van der Waals surface area contributed by atoms with Crippen molar-refractivity contribution in [3.8, 4) is 0 Å². The molecule has 2 amide bonds. The molecule has 2 aromatic carbocycles. The number of benzene rings is 2. The van der Waals surface area contributed by atoms with E-state index in [1.165, 1.54) is 16.2 Å². The Balaban J connectivity index is 1.47. The SMILES string of the molecule is CN(CC(=O)Nc1ccc(CCC(O)c2ccccc2)cc1)C(=O)c1cccs1. The summed E-state index contributed by atoms with van der Waals surface area (Å²) in [6.07, 6.45) is 0.875. The molecule has 150 valence electrons. The summed E-state index contributed by atoms with van der Waals surface area (Å²) in [6.45, 7) is -0.0121. The monoisotopic (exact) mass is 408 g/mol. The number of aliphatic hydroxyl groups is 1. The average Bonchev–Trinajstić information content (AvgIpc) is 3.28. The van der Waals surface area contributed by atoms with Crippen molar-refractivity contribution in [1.82, 2.24) is 4.90 Å². The van der Waals surface area contributed by atoms with Crippen molar-refractivity contribution >= 4 is 28.8 Å². The van der Waals surface area contributed by atoms with E-state index in [0.29, 0.717) is 17.0 Å². The summed E-state index contributed by atoms with van der Waals surface area (Å²) in [5.41, 5.74) is 2.68.